The Morgan fingerprint density at radius 2 is 2.00 bits per heavy atom. The minimum Gasteiger partial charge on any atom is -0.372 e. The Kier molecular flexibility index (Phi) is 4.42. The minimum absolute atomic E-state index is 0.243. The minimum atomic E-state index is 0.243. The molecule has 0 aromatic heterocycles. The highest BCUT2D eigenvalue weighted by Gasteiger charge is 2.27. The van der Waals surface area contributed by atoms with E-state index in [-0.39, 0.29) is 6.10 Å². The van der Waals surface area contributed by atoms with Crippen molar-refractivity contribution in [2.75, 3.05) is 19.7 Å². The molecule has 2 aliphatic rings. The van der Waals surface area contributed by atoms with E-state index >= 15 is 0 Å². The number of nitrogens with one attached hydrogen (secondary N) is 1. The second-order valence-corrected chi connectivity index (χ2v) is 6.81. The molecule has 1 aromatic rings. The summed E-state index contributed by atoms with van der Waals surface area (Å²) < 4.78 is 5.96. The zero-order valence-corrected chi connectivity index (χ0v) is 12.7. The monoisotopic (exact) mass is 273 g/mol. The molecule has 0 spiro atoms. The van der Waals surface area contributed by atoms with Crippen LogP contribution in [-0.4, -0.2) is 19.7 Å². The molecule has 1 aromatic carbocycles. The van der Waals surface area contributed by atoms with Crippen LogP contribution >= 0.6 is 0 Å². The highest BCUT2D eigenvalue weighted by Crippen LogP contribution is 2.35. The predicted octanol–water partition coefficient (Wildman–Crippen LogP) is 3.86. The first kappa shape index (κ1) is 14.1. The number of hydrogen-bond donors (Lipinski definition) is 1. The van der Waals surface area contributed by atoms with Gasteiger partial charge in [-0.05, 0) is 35.8 Å². The molecule has 0 saturated heterocycles. The maximum atomic E-state index is 5.96. The molecule has 2 heteroatoms. The van der Waals surface area contributed by atoms with Gasteiger partial charge in [0.25, 0.3) is 0 Å². The third-order valence-corrected chi connectivity index (χ3v) is 5.03. The van der Waals surface area contributed by atoms with E-state index in [2.05, 4.69) is 36.5 Å². The molecule has 1 aliphatic heterocycles. The van der Waals surface area contributed by atoms with Crippen molar-refractivity contribution in [1.82, 2.24) is 5.32 Å². The van der Waals surface area contributed by atoms with Crippen LogP contribution in [-0.2, 0) is 11.2 Å². The summed E-state index contributed by atoms with van der Waals surface area (Å²) in [5.41, 5.74) is 3.36. The predicted molar refractivity (Wildman–Crippen MR) is 82.9 cm³/mol. The summed E-state index contributed by atoms with van der Waals surface area (Å²) in [7, 11) is 0. The van der Waals surface area contributed by atoms with E-state index in [0.29, 0.717) is 5.41 Å². The summed E-state index contributed by atoms with van der Waals surface area (Å²) >= 11 is 0. The highest BCUT2D eigenvalue weighted by atomic mass is 16.5. The molecule has 3 rings (SSSR count). The molecular formula is C18H27NO. The summed E-state index contributed by atoms with van der Waals surface area (Å²) in [5, 5.41) is 3.68. The van der Waals surface area contributed by atoms with Gasteiger partial charge in [0.15, 0.2) is 0 Å². The van der Waals surface area contributed by atoms with Crippen LogP contribution in [0.5, 0.6) is 0 Å². The van der Waals surface area contributed by atoms with E-state index in [0.717, 1.165) is 26.1 Å². The largest absolute Gasteiger partial charge is 0.372 e. The van der Waals surface area contributed by atoms with Crippen LogP contribution in [0.1, 0.15) is 56.3 Å². The third-order valence-electron chi connectivity index (χ3n) is 5.03. The van der Waals surface area contributed by atoms with Crippen molar-refractivity contribution < 1.29 is 4.74 Å². The highest BCUT2D eigenvalue weighted by molar-refractivity contribution is 5.31. The van der Waals surface area contributed by atoms with Crippen molar-refractivity contribution in [2.45, 2.75) is 51.6 Å². The van der Waals surface area contributed by atoms with Crippen molar-refractivity contribution in [3.8, 4) is 0 Å². The second-order valence-electron chi connectivity index (χ2n) is 6.81. The molecule has 0 radical (unpaired) electrons. The zero-order valence-electron chi connectivity index (χ0n) is 12.7. The van der Waals surface area contributed by atoms with E-state index in [1.165, 1.54) is 43.2 Å². The van der Waals surface area contributed by atoms with Gasteiger partial charge in [-0.3, -0.25) is 0 Å². The van der Waals surface area contributed by atoms with E-state index < -0.39 is 0 Å². The Labute approximate surface area is 122 Å². The summed E-state index contributed by atoms with van der Waals surface area (Å²) in [5.74, 6) is 0. The fraction of sp³-hybridized carbons (Fsp3) is 0.667. The molecule has 0 bridgehead atoms. The lowest BCUT2D eigenvalue weighted by Crippen LogP contribution is -2.36. The molecule has 110 valence electrons. The summed E-state index contributed by atoms with van der Waals surface area (Å²) in [4.78, 5) is 0. The molecule has 1 saturated carbocycles. The van der Waals surface area contributed by atoms with E-state index in [9.17, 15) is 0 Å². The lowest BCUT2D eigenvalue weighted by molar-refractivity contribution is 0.0398. The Balaban J connectivity index is 1.54. The van der Waals surface area contributed by atoms with Gasteiger partial charge in [-0.1, -0.05) is 50.5 Å². The summed E-state index contributed by atoms with van der Waals surface area (Å²) in [6.45, 7) is 5.39. The van der Waals surface area contributed by atoms with Crippen LogP contribution in [0.3, 0.4) is 0 Å². The Hall–Kier alpha value is -0.860. The van der Waals surface area contributed by atoms with Gasteiger partial charge < -0.3 is 10.1 Å². The quantitative estimate of drug-likeness (QED) is 0.899. The van der Waals surface area contributed by atoms with Gasteiger partial charge in [-0.15, -0.1) is 0 Å². The average Bonchev–Trinajstić information content (AvgIpc) is 2.48. The van der Waals surface area contributed by atoms with Crippen molar-refractivity contribution in [1.29, 1.82) is 0 Å². The standard InChI is InChI=1S/C18H27NO/c1-18(10-5-2-6-11-18)14-19-13-17-16-8-4-3-7-15(16)9-12-20-17/h3-4,7-8,17,19H,2,5-6,9-14H2,1H3. The van der Waals surface area contributed by atoms with Crippen LogP contribution in [0.2, 0.25) is 0 Å². The maximum Gasteiger partial charge on any atom is 0.0952 e. The fourth-order valence-corrected chi connectivity index (χ4v) is 3.73. The topological polar surface area (TPSA) is 21.3 Å². The van der Waals surface area contributed by atoms with Crippen LogP contribution in [0.4, 0.5) is 0 Å². The normalized spacial score (nSPS) is 25.1. The first-order chi connectivity index (χ1) is 9.77. The zero-order chi connectivity index (χ0) is 13.8. The van der Waals surface area contributed by atoms with Crippen LogP contribution in [0.15, 0.2) is 24.3 Å². The van der Waals surface area contributed by atoms with Crippen molar-refractivity contribution in [2.24, 2.45) is 5.41 Å². The van der Waals surface area contributed by atoms with Crippen molar-refractivity contribution in [3.05, 3.63) is 35.4 Å². The SMILES string of the molecule is CC1(CNCC2OCCc3ccccc32)CCCCC1. The number of rotatable bonds is 4. The smallest absolute Gasteiger partial charge is 0.0952 e. The van der Waals surface area contributed by atoms with E-state index in [4.69, 9.17) is 4.74 Å². The Morgan fingerprint density at radius 1 is 1.20 bits per heavy atom. The summed E-state index contributed by atoms with van der Waals surface area (Å²) in [6, 6.07) is 8.73. The van der Waals surface area contributed by atoms with Gasteiger partial charge in [0.2, 0.25) is 0 Å². The molecule has 1 atom stereocenters. The van der Waals surface area contributed by atoms with Gasteiger partial charge in [-0.2, -0.15) is 0 Å². The number of hydrogen-bond acceptors (Lipinski definition) is 2. The average molecular weight is 273 g/mol. The first-order valence-electron chi connectivity index (χ1n) is 8.17. The number of benzene rings is 1. The number of fused-ring (bicyclic) bond motifs is 1. The molecule has 0 amide bonds. The number of ether oxygens (including phenoxy) is 1. The second kappa shape index (κ2) is 6.28. The van der Waals surface area contributed by atoms with Crippen LogP contribution in [0, 0.1) is 5.41 Å². The van der Waals surface area contributed by atoms with Gasteiger partial charge in [-0.25, -0.2) is 0 Å². The van der Waals surface area contributed by atoms with Gasteiger partial charge in [0.1, 0.15) is 0 Å². The summed E-state index contributed by atoms with van der Waals surface area (Å²) in [6.07, 6.45) is 8.29. The fourth-order valence-electron chi connectivity index (χ4n) is 3.73. The Morgan fingerprint density at radius 3 is 2.85 bits per heavy atom. The van der Waals surface area contributed by atoms with Crippen LogP contribution in [0.25, 0.3) is 0 Å². The molecule has 20 heavy (non-hydrogen) atoms. The molecule has 1 N–H and O–H groups in total. The Bertz CT molecular complexity index is 437. The molecule has 1 aliphatic carbocycles. The molecule has 1 fully saturated rings. The molecule has 1 unspecified atom stereocenters. The first-order valence-corrected chi connectivity index (χ1v) is 8.17. The van der Waals surface area contributed by atoms with Gasteiger partial charge >= 0.3 is 0 Å². The van der Waals surface area contributed by atoms with Crippen LogP contribution < -0.4 is 5.32 Å². The molecule has 1 heterocycles. The molecular weight excluding hydrogens is 246 g/mol. The third kappa shape index (κ3) is 3.24. The van der Waals surface area contributed by atoms with E-state index in [1.807, 2.05) is 0 Å². The maximum absolute atomic E-state index is 5.96. The lowest BCUT2D eigenvalue weighted by atomic mass is 9.76. The lowest BCUT2D eigenvalue weighted by Gasteiger charge is -2.35. The van der Waals surface area contributed by atoms with E-state index in [1.54, 1.807) is 0 Å². The van der Waals surface area contributed by atoms with Gasteiger partial charge in [0.05, 0.1) is 12.7 Å². The van der Waals surface area contributed by atoms with Gasteiger partial charge in [0, 0.05) is 13.1 Å². The van der Waals surface area contributed by atoms with Crippen molar-refractivity contribution >= 4 is 0 Å². The van der Waals surface area contributed by atoms with Crippen molar-refractivity contribution in [3.63, 3.8) is 0 Å². The molecule has 2 nitrogen and oxygen atoms in total.